The quantitative estimate of drug-likeness (QED) is 0.315. The van der Waals surface area contributed by atoms with Crippen LogP contribution >= 0.6 is 0 Å². The van der Waals surface area contributed by atoms with E-state index in [-0.39, 0.29) is 23.4 Å². The van der Waals surface area contributed by atoms with Gasteiger partial charge in [-0.2, -0.15) is 0 Å². The number of nitro benzene ring substituents is 1. The van der Waals surface area contributed by atoms with Gasteiger partial charge in [0.2, 0.25) is 0 Å². The molecule has 2 atom stereocenters. The fraction of sp³-hybridized carbons (Fsp3) is 0.308. The van der Waals surface area contributed by atoms with Gasteiger partial charge >= 0.3 is 0 Å². The number of nitrogens with zero attached hydrogens (tertiary/aromatic N) is 2. The number of amides is 1. The van der Waals surface area contributed by atoms with E-state index in [0.29, 0.717) is 23.7 Å². The number of anilines is 2. The van der Waals surface area contributed by atoms with Crippen LogP contribution in [0.25, 0.3) is 0 Å². The van der Waals surface area contributed by atoms with Gasteiger partial charge in [0.25, 0.3) is 11.6 Å². The average Bonchev–Trinajstić information content (AvgIpc) is 2.89. The molecule has 0 aliphatic carbocycles. The Morgan fingerprint density at radius 1 is 1.17 bits per heavy atom. The summed E-state index contributed by atoms with van der Waals surface area (Å²) >= 11 is 0. The van der Waals surface area contributed by atoms with Crippen molar-refractivity contribution in [2.75, 3.05) is 23.8 Å². The minimum atomic E-state index is -0.508. The summed E-state index contributed by atoms with van der Waals surface area (Å²) in [6.07, 6.45) is 4.81. The zero-order chi connectivity index (χ0) is 24.6. The van der Waals surface area contributed by atoms with E-state index in [1.165, 1.54) is 12.1 Å². The molecule has 0 spiro atoms. The second-order valence-electron chi connectivity index (χ2n) is 8.36. The number of benzene rings is 2. The van der Waals surface area contributed by atoms with E-state index in [9.17, 15) is 14.9 Å². The first kappa shape index (κ1) is 24.2. The predicted octanol–water partition coefficient (Wildman–Crippen LogP) is 5.36. The molecule has 2 heterocycles. The van der Waals surface area contributed by atoms with E-state index in [1.807, 2.05) is 25.1 Å². The standard InChI is InChI=1S/C26H28N4O5/c1-18(21-9-4-6-14-27-21)28-22-13-12-19(16-24(22)30(32)33)26(31)29-23-10-2-3-11-25(23)35-17-20-8-5-7-15-34-20/h2-4,6,9-14,16,18,20,28H,5,7-8,15,17H2,1H3,(H,29,31). The summed E-state index contributed by atoms with van der Waals surface area (Å²) in [5, 5.41) is 17.7. The lowest BCUT2D eigenvalue weighted by molar-refractivity contribution is -0.384. The van der Waals surface area contributed by atoms with Gasteiger partial charge in [0, 0.05) is 24.4 Å². The van der Waals surface area contributed by atoms with E-state index in [4.69, 9.17) is 9.47 Å². The van der Waals surface area contributed by atoms with Crippen LogP contribution in [0.15, 0.2) is 66.9 Å². The molecule has 1 aromatic heterocycles. The summed E-state index contributed by atoms with van der Waals surface area (Å²) in [4.78, 5) is 28.5. The maximum atomic E-state index is 13.0. The Kier molecular flexibility index (Phi) is 7.89. The van der Waals surface area contributed by atoms with Gasteiger partial charge in [-0.25, -0.2) is 0 Å². The van der Waals surface area contributed by atoms with Crippen molar-refractivity contribution in [1.29, 1.82) is 0 Å². The van der Waals surface area contributed by atoms with Crippen molar-refractivity contribution in [3.63, 3.8) is 0 Å². The Bertz CT molecular complexity index is 1170. The van der Waals surface area contributed by atoms with Crippen LogP contribution in [0.5, 0.6) is 5.75 Å². The highest BCUT2D eigenvalue weighted by Gasteiger charge is 2.21. The zero-order valence-corrected chi connectivity index (χ0v) is 19.5. The minimum Gasteiger partial charge on any atom is -0.489 e. The van der Waals surface area contributed by atoms with Crippen molar-refractivity contribution >= 4 is 23.0 Å². The third kappa shape index (κ3) is 6.33. The van der Waals surface area contributed by atoms with Gasteiger partial charge in [-0.1, -0.05) is 18.2 Å². The number of rotatable bonds is 9. The molecule has 3 aromatic rings. The van der Waals surface area contributed by atoms with Crippen LogP contribution in [0.4, 0.5) is 17.1 Å². The highest BCUT2D eigenvalue weighted by atomic mass is 16.6. The Balaban J connectivity index is 1.47. The second kappa shape index (κ2) is 11.4. The molecule has 4 rings (SSSR count). The van der Waals surface area contributed by atoms with Gasteiger partial charge in [0.1, 0.15) is 18.0 Å². The molecular formula is C26H28N4O5. The molecule has 2 N–H and O–H groups in total. The Morgan fingerprint density at radius 2 is 2.00 bits per heavy atom. The van der Waals surface area contributed by atoms with Gasteiger partial charge in [0.15, 0.2) is 0 Å². The predicted molar refractivity (Wildman–Crippen MR) is 133 cm³/mol. The van der Waals surface area contributed by atoms with E-state index >= 15 is 0 Å². The highest BCUT2D eigenvalue weighted by molar-refractivity contribution is 6.05. The molecule has 182 valence electrons. The fourth-order valence-corrected chi connectivity index (χ4v) is 3.90. The van der Waals surface area contributed by atoms with Gasteiger partial charge < -0.3 is 20.1 Å². The molecular weight excluding hydrogens is 448 g/mol. The lowest BCUT2D eigenvalue weighted by Crippen LogP contribution is -2.26. The number of nitrogens with one attached hydrogen (secondary N) is 2. The molecule has 35 heavy (non-hydrogen) atoms. The number of para-hydroxylation sites is 2. The van der Waals surface area contributed by atoms with Crippen LogP contribution in [0, 0.1) is 10.1 Å². The molecule has 1 aliphatic rings. The first-order valence-electron chi connectivity index (χ1n) is 11.6. The van der Waals surface area contributed by atoms with Crippen molar-refractivity contribution in [3.05, 3.63) is 88.2 Å². The van der Waals surface area contributed by atoms with Crippen LogP contribution in [-0.4, -0.2) is 35.1 Å². The second-order valence-corrected chi connectivity index (χ2v) is 8.36. The Labute approximate surface area is 203 Å². The number of carbonyl (C=O) groups is 1. The summed E-state index contributed by atoms with van der Waals surface area (Å²) in [6, 6.07) is 16.7. The lowest BCUT2D eigenvalue weighted by Gasteiger charge is -2.23. The van der Waals surface area contributed by atoms with Crippen LogP contribution in [-0.2, 0) is 4.74 Å². The lowest BCUT2D eigenvalue weighted by atomic mass is 10.1. The Morgan fingerprint density at radius 3 is 2.74 bits per heavy atom. The molecule has 9 nitrogen and oxygen atoms in total. The van der Waals surface area contributed by atoms with Gasteiger partial charge in [-0.15, -0.1) is 0 Å². The van der Waals surface area contributed by atoms with Crippen molar-refractivity contribution in [3.8, 4) is 5.75 Å². The maximum Gasteiger partial charge on any atom is 0.293 e. The van der Waals surface area contributed by atoms with Crippen LogP contribution in [0.1, 0.15) is 48.3 Å². The molecule has 0 bridgehead atoms. The average molecular weight is 477 g/mol. The number of pyridine rings is 1. The van der Waals surface area contributed by atoms with Crippen molar-refractivity contribution in [2.24, 2.45) is 0 Å². The Hall–Kier alpha value is -3.98. The maximum absolute atomic E-state index is 13.0. The molecule has 1 amide bonds. The van der Waals surface area contributed by atoms with Crippen LogP contribution < -0.4 is 15.4 Å². The molecule has 0 radical (unpaired) electrons. The van der Waals surface area contributed by atoms with Gasteiger partial charge in [-0.3, -0.25) is 19.9 Å². The minimum absolute atomic E-state index is 0.0312. The first-order chi connectivity index (χ1) is 17.0. The summed E-state index contributed by atoms with van der Waals surface area (Å²) in [5.41, 5.74) is 1.51. The van der Waals surface area contributed by atoms with E-state index < -0.39 is 10.8 Å². The van der Waals surface area contributed by atoms with E-state index in [0.717, 1.165) is 31.6 Å². The van der Waals surface area contributed by atoms with Gasteiger partial charge in [0.05, 0.1) is 28.5 Å². The summed E-state index contributed by atoms with van der Waals surface area (Å²) in [5.74, 6) is 0.0504. The third-order valence-corrected chi connectivity index (χ3v) is 5.79. The molecule has 1 aliphatic heterocycles. The molecule has 2 aromatic carbocycles. The van der Waals surface area contributed by atoms with Gasteiger partial charge in [-0.05, 0) is 62.6 Å². The smallest absolute Gasteiger partial charge is 0.293 e. The monoisotopic (exact) mass is 476 g/mol. The molecule has 1 saturated heterocycles. The molecule has 0 saturated carbocycles. The number of hydrogen-bond donors (Lipinski definition) is 2. The molecule has 1 fully saturated rings. The third-order valence-electron chi connectivity index (χ3n) is 5.79. The normalized spacial score (nSPS) is 16.2. The van der Waals surface area contributed by atoms with E-state index in [1.54, 1.807) is 36.5 Å². The van der Waals surface area contributed by atoms with Crippen molar-refractivity contribution in [1.82, 2.24) is 4.98 Å². The number of carbonyl (C=O) groups excluding carboxylic acids is 1. The summed E-state index contributed by atoms with van der Waals surface area (Å²) in [7, 11) is 0. The number of ether oxygens (including phenoxy) is 2. The first-order valence-corrected chi connectivity index (χ1v) is 11.6. The van der Waals surface area contributed by atoms with E-state index in [2.05, 4.69) is 15.6 Å². The number of nitro groups is 1. The fourth-order valence-electron chi connectivity index (χ4n) is 3.90. The number of hydrogen-bond acceptors (Lipinski definition) is 7. The number of aromatic nitrogens is 1. The topological polar surface area (TPSA) is 116 Å². The largest absolute Gasteiger partial charge is 0.489 e. The molecule has 2 unspecified atom stereocenters. The summed E-state index contributed by atoms with van der Waals surface area (Å²) in [6.45, 7) is 2.99. The van der Waals surface area contributed by atoms with Crippen molar-refractivity contribution < 1.29 is 19.2 Å². The van der Waals surface area contributed by atoms with Crippen LogP contribution in [0.2, 0.25) is 0 Å². The van der Waals surface area contributed by atoms with Crippen molar-refractivity contribution in [2.45, 2.75) is 38.3 Å². The molecule has 9 heteroatoms. The van der Waals surface area contributed by atoms with Crippen LogP contribution in [0.3, 0.4) is 0 Å². The highest BCUT2D eigenvalue weighted by Crippen LogP contribution is 2.30. The summed E-state index contributed by atoms with van der Waals surface area (Å²) < 4.78 is 11.6. The zero-order valence-electron chi connectivity index (χ0n) is 19.5. The SMILES string of the molecule is CC(Nc1ccc(C(=O)Nc2ccccc2OCC2CCCCO2)cc1[N+](=O)[O-])c1ccccn1.